The minimum atomic E-state index is 0.0236. The molecule has 3 nitrogen and oxygen atoms in total. The zero-order valence-electron chi connectivity index (χ0n) is 9.88. The Balaban J connectivity index is 2.31. The van der Waals surface area contributed by atoms with E-state index in [0.717, 1.165) is 25.1 Å². The van der Waals surface area contributed by atoms with Crippen LogP contribution >= 0.6 is 11.8 Å². The summed E-state index contributed by atoms with van der Waals surface area (Å²) in [5.74, 6) is 1.86. The van der Waals surface area contributed by atoms with Gasteiger partial charge >= 0.3 is 0 Å². The summed E-state index contributed by atoms with van der Waals surface area (Å²) < 4.78 is 0. The molecule has 1 rings (SSSR count). The van der Waals surface area contributed by atoms with Crippen molar-refractivity contribution in [3.8, 4) is 0 Å². The van der Waals surface area contributed by atoms with Crippen molar-refractivity contribution in [3.63, 3.8) is 0 Å². The number of amides is 1. The molecule has 1 aliphatic heterocycles. The quantitative estimate of drug-likeness (QED) is 0.747. The van der Waals surface area contributed by atoms with Crippen LogP contribution in [0.1, 0.15) is 26.7 Å². The van der Waals surface area contributed by atoms with Crippen molar-refractivity contribution < 1.29 is 4.79 Å². The summed E-state index contributed by atoms with van der Waals surface area (Å²) >= 11 is 1.83. The molecule has 2 atom stereocenters. The molecular weight excluding hydrogens is 208 g/mol. The van der Waals surface area contributed by atoms with Gasteiger partial charge < -0.3 is 10.6 Å². The topological polar surface area (TPSA) is 41.1 Å². The van der Waals surface area contributed by atoms with Crippen LogP contribution in [0.4, 0.5) is 0 Å². The molecule has 0 saturated carbocycles. The van der Waals surface area contributed by atoms with Gasteiger partial charge in [-0.1, -0.05) is 13.8 Å². The maximum absolute atomic E-state index is 11.7. The lowest BCUT2D eigenvalue weighted by Gasteiger charge is -2.31. The zero-order chi connectivity index (χ0) is 11.3. The van der Waals surface area contributed by atoms with Gasteiger partial charge in [0.15, 0.2) is 0 Å². The first-order valence-corrected chi connectivity index (χ1v) is 7.05. The van der Waals surface area contributed by atoms with Crippen molar-refractivity contribution in [1.29, 1.82) is 0 Å². The maximum Gasteiger partial charge on any atom is 0.237 e. The highest BCUT2D eigenvalue weighted by molar-refractivity contribution is 7.98. The van der Waals surface area contributed by atoms with E-state index in [2.05, 4.69) is 30.7 Å². The number of thioether (sulfide) groups is 1. The second-order valence-corrected chi connectivity index (χ2v) is 5.56. The van der Waals surface area contributed by atoms with Gasteiger partial charge in [-0.25, -0.2) is 0 Å². The molecule has 4 heteroatoms. The first kappa shape index (κ1) is 12.8. The molecule has 0 aromatic rings. The van der Waals surface area contributed by atoms with Gasteiger partial charge in [-0.3, -0.25) is 4.79 Å². The van der Waals surface area contributed by atoms with E-state index in [1.807, 2.05) is 11.8 Å². The molecule has 0 aromatic carbocycles. The number of rotatable bonds is 5. The molecule has 0 bridgehead atoms. The number of carbonyl (C=O) groups excluding carboxylic acids is 1. The summed E-state index contributed by atoms with van der Waals surface area (Å²) in [5, 5.41) is 6.43. The molecule has 0 radical (unpaired) electrons. The minimum absolute atomic E-state index is 0.0236. The summed E-state index contributed by atoms with van der Waals surface area (Å²) in [5.41, 5.74) is 0. The van der Waals surface area contributed by atoms with Crippen molar-refractivity contribution in [2.45, 2.75) is 38.8 Å². The second-order valence-electron chi connectivity index (χ2n) is 4.58. The Labute approximate surface area is 96.8 Å². The third kappa shape index (κ3) is 4.43. The molecule has 0 aromatic heterocycles. The highest BCUT2D eigenvalue weighted by Gasteiger charge is 2.27. The first-order chi connectivity index (χ1) is 7.13. The minimum Gasteiger partial charge on any atom is -0.351 e. The third-order valence-electron chi connectivity index (χ3n) is 2.65. The van der Waals surface area contributed by atoms with E-state index in [1.54, 1.807) is 0 Å². The Morgan fingerprint density at radius 1 is 1.53 bits per heavy atom. The van der Waals surface area contributed by atoms with Crippen LogP contribution < -0.4 is 10.6 Å². The summed E-state index contributed by atoms with van der Waals surface area (Å²) in [7, 11) is 0. The fraction of sp³-hybridized carbons (Fsp3) is 0.909. The number of hydrogen-bond acceptors (Lipinski definition) is 3. The molecular formula is C11H22N2OS. The van der Waals surface area contributed by atoms with Crippen molar-refractivity contribution in [2.75, 3.05) is 18.6 Å². The second kappa shape index (κ2) is 6.38. The van der Waals surface area contributed by atoms with Gasteiger partial charge in [-0.05, 0) is 30.8 Å². The highest BCUT2D eigenvalue weighted by atomic mass is 32.2. The van der Waals surface area contributed by atoms with Crippen LogP contribution in [0.15, 0.2) is 0 Å². The van der Waals surface area contributed by atoms with Gasteiger partial charge in [-0.2, -0.15) is 11.8 Å². The van der Waals surface area contributed by atoms with Crippen LogP contribution in [-0.2, 0) is 4.79 Å². The van der Waals surface area contributed by atoms with Crippen molar-refractivity contribution in [3.05, 3.63) is 0 Å². The molecule has 0 unspecified atom stereocenters. The van der Waals surface area contributed by atoms with Gasteiger partial charge in [0.25, 0.3) is 0 Å². The molecule has 0 spiro atoms. The predicted molar refractivity (Wildman–Crippen MR) is 66.2 cm³/mol. The van der Waals surface area contributed by atoms with Crippen molar-refractivity contribution in [1.82, 2.24) is 10.6 Å². The Morgan fingerprint density at radius 3 is 2.80 bits per heavy atom. The van der Waals surface area contributed by atoms with E-state index in [9.17, 15) is 4.79 Å². The van der Waals surface area contributed by atoms with E-state index in [-0.39, 0.29) is 11.9 Å². The van der Waals surface area contributed by atoms with Crippen LogP contribution in [0.5, 0.6) is 0 Å². The van der Waals surface area contributed by atoms with E-state index < -0.39 is 0 Å². The summed E-state index contributed by atoms with van der Waals surface area (Å²) in [6, 6.07) is 0.351. The lowest BCUT2D eigenvalue weighted by molar-refractivity contribution is -0.125. The third-order valence-corrected chi connectivity index (χ3v) is 3.30. The van der Waals surface area contributed by atoms with E-state index in [1.165, 1.54) is 0 Å². The standard InChI is InChI=1S/C11H22N2OS/c1-8(2)6-10-11(14)13-9(7-12-10)4-5-15-3/h8-10,12H,4-7H2,1-3H3,(H,13,14)/t9-,10-/m0/s1. The van der Waals surface area contributed by atoms with Crippen molar-refractivity contribution in [2.24, 2.45) is 5.92 Å². The predicted octanol–water partition coefficient (Wildman–Crippen LogP) is 1.24. The lowest BCUT2D eigenvalue weighted by Crippen LogP contribution is -2.58. The number of nitrogens with one attached hydrogen (secondary N) is 2. The Hall–Kier alpha value is -0.220. The summed E-state index contributed by atoms with van der Waals surface area (Å²) in [4.78, 5) is 11.7. The molecule has 1 amide bonds. The van der Waals surface area contributed by atoms with E-state index in [0.29, 0.717) is 12.0 Å². The summed E-state index contributed by atoms with van der Waals surface area (Å²) in [6.45, 7) is 5.22. The van der Waals surface area contributed by atoms with Gasteiger partial charge in [-0.15, -0.1) is 0 Å². The molecule has 2 N–H and O–H groups in total. The van der Waals surface area contributed by atoms with Crippen molar-refractivity contribution >= 4 is 17.7 Å². The molecule has 0 aliphatic carbocycles. The smallest absolute Gasteiger partial charge is 0.237 e. The monoisotopic (exact) mass is 230 g/mol. The fourth-order valence-electron chi connectivity index (χ4n) is 1.83. The molecule has 1 aliphatic rings. The van der Waals surface area contributed by atoms with Crippen LogP contribution in [-0.4, -0.2) is 36.5 Å². The number of piperazine rings is 1. The molecule has 88 valence electrons. The van der Waals surface area contributed by atoms with E-state index >= 15 is 0 Å². The molecule has 15 heavy (non-hydrogen) atoms. The fourth-order valence-corrected chi connectivity index (χ4v) is 2.35. The van der Waals surface area contributed by atoms with Crippen LogP contribution in [0, 0.1) is 5.92 Å². The molecule has 1 heterocycles. The first-order valence-electron chi connectivity index (χ1n) is 5.66. The van der Waals surface area contributed by atoms with Gasteiger partial charge in [0.1, 0.15) is 0 Å². The normalized spacial score (nSPS) is 26.8. The van der Waals surface area contributed by atoms with Gasteiger partial charge in [0.2, 0.25) is 5.91 Å². The summed E-state index contributed by atoms with van der Waals surface area (Å²) in [6.07, 6.45) is 4.09. The Morgan fingerprint density at radius 2 is 2.27 bits per heavy atom. The Bertz CT molecular complexity index is 209. The van der Waals surface area contributed by atoms with Crippen LogP contribution in [0.25, 0.3) is 0 Å². The average Bonchev–Trinajstić information content (AvgIpc) is 2.18. The van der Waals surface area contributed by atoms with Crippen LogP contribution in [0.3, 0.4) is 0 Å². The Kier molecular flexibility index (Phi) is 5.47. The average molecular weight is 230 g/mol. The largest absolute Gasteiger partial charge is 0.351 e. The zero-order valence-corrected chi connectivity index (χ0v) is 10.7. The maximum atomic E-state index is 11.7. The SMILES string of the molecule is CSCC[C@H]1CN[C@@H](CC(C)C)C(=O)N1. The number of carbonyl (C=O) groups is 1. The van der Waals surface area contributed by atoms with Gasteiger partial charge in [0, 0.05) is 12.6 Å². The number of hydrogen-bond donors (Lipinski definition) is 2. The highest BCUT2D eigenvalue weighted by Crippen LogP contribution is 2.10. The molecule has 1 saturated heterocycles. The lowest BCUT2D eigenvalue weighted by atomic mass is 10.00. The van der Waals surface area contributed by atoms with Crippen LogP contribution in [0.2, 0.25) is 0 Å². The van der Waals surface area contributed by atoms with Gasteiger partial charge in [0.05, 0.1) is 6.04 Å². The van der Waals surface area contributed by atoms with E-state index in [4.69, 9.17) is 0 Å². The molecule has 1 fully saturated rings.